The van der Waals surface area contributed by atoms with Crippen LogP contribution in [-0.4, -0.2) is 42.7 Å². The van der Waals surface area contributed by atoms with E-state index in [1.54, 1.807) is 42.5 Å². The van der Waals surface area contributed by atoms with Crippen molar-refractivity contribution in [1.82, 2.24) is 10.2 Å². The molecule has 1 atom stereocenters. The van der Waals surface area contributed by atoms with Crippen LogP contribution in [0.3, 0.4) is 0 Å². The molecule has 1 heterocycles. The molecule has 1 aliphatic heterocycles. The van der Waals surface area contributed by atoms with E-state index in [0.717, 1.165) is 4.90 Å². The predicted molar refractivity (Wildman–Crippen MR) is 98.6 cm³/mol. The second-order valence-electron chi connectivity index (χ2n) is 6.11. The summed E-state index contributed by atoms with van der Waals surface area (Å²) in [7, 11) is 0. The van der Waals surface area contributed by atoms with Crippen molar-refractivity contribution in [3.8, 4) is 11.5 Å². The molecule has 8 heteroatoms. The maximum Gasteiger partial charge on any atom is 0.406 e. The van der Waals surface area contributed by atoms with Crippen molar-refractivity contribution in [3.63, 3.8) is 0 Å². The third-order valence-electron chi connectivity index (χ3n) is 4.17. The van der Waals surface area contributed by atoms with Crippen molar-refractivity contribution < 1.29 is 22.7 Å². The molecule has 0 bridgehead atoms. The van der Waals surface area contributed by atoms with Crippen molar-refractivity contribution in [2.45, 2.75) is 18.6 Å². The minimum absolute atomic E-state index is 0. The van der Waals surface area contributed by atoms with Gasteiger partial charge in [0.2, 0.25) is 0 Å². The van der Waals surface area contributed by atoms with Crippen LogP contribution in [-0.2, 0) is 0 Å². The van der Waals surface area contributed by atoms with Crippen LogP contribution in [0.15, 0.2) is 54.6 Å². The number of alkyl halides is 3. The maximum atomic E-state index is 13.0. The molecule has 4 nitrogen and oxygen atoms in total. The van der Waals surface area contributed by atoms with Gasteiger partial charge in [-0.1, -0.05) is 30.3 Å². The highest BCUT2D eigenvalue weighted by Gasteiger charge is 2.38. The van der Waals surface area contributed by atoms with Gasteiger partial charge in [0, 0.05) is 12.6 Å². The number of carbonyl (C=O) groups excluding carboxylic acids is 1. The summed E-state index contributed by atoms with van der Waals surface area (Å²) in [6.45, 7) is -0.337. The highest BCUT2D eigenvalue weighted by molar-refractivity contribution is 5.97. The lowest BCUT2D eigenvalue weighted by molar-refractivity contribution is -0.144. The summed E-state index contributed by atoms with van der Waals surface area (Å²) in [4.78, 5) is 13.8. The van der Waals surface area contributed by atoms with Crippen molar-refractivity contribution in [2.75, 3.05) is 19.6 Å². The first-order valence-corrected chi connectivity index (χ1v) is 8.34. The average molecular weight is 401 g/mol. The van der Waals surface area contributed by atoms with Gasteiger partial charge >= 0.3 is 6.18 Å². The molecule has 3 rings (SSSR count). The van der Waals surface area contributed by atoms with Gasteiger partial charge in [-0.05, 0) is 37.2 Å². The number of carbonyl (C=O) groups is 1. The molecular weight excluding hydrogens is 381 g/mol. The van der Waals surface area contributed by atoms with E-state index in [-0.39, 0.29) is 23.7 Å². The van der Waals surface area contributed by atoms with Gasteiger partial charge in [-0.25, -0.2) is 0 Å². The zero-order valence-corrected chi connectivity index (χ0v) is 15.2. The van der Waals surface area contributed by atoms with Gasteiger partial charge in [0.15, 0.2) is 0 Å². The molecule has 2 aromatic carbocycles. The van der Waals surface area contributed by atoms with Crippen LogP contribution in [0.4, 0.5) is 13.2 Å². The summed E-state index contributed by atoms with van der Waals surface area (Å²) >= 11 is 0. The zero-order chi connectivity index (χ0) is 18.6. The van der Waals surface area contributed by atoms with Gasteiger partial charge in [-0.3, -0.25) is 4.79 Å². The monoisotopic (exact) mass is 400 g/mol. The number of benzene rings is 2. The molecular formula is C19H20ClF3N2O2. The van der Waals surface area contributed by atoms with Crippen molar-refractivity contribution in [1.29, 1.82) is 0 Å². The summed E-state index contributed by atoms with van der Waals surface area (Å²) in [6, 6.07) is 14.7. The Morgan fingerprint density at radius 2 is 1.78 bits per heavy atom. The smallest absolute Gasteiger partial charge is 0.406 e. The van der Waals surface area contributed by atoms with Crippen molar-refractivity contribution in [3.05, 3.63) is 60.2 Å². The third-order valence-corrected chi connectivity index (χ3v) is 4.17. The fourth-order valence-electron chi connectivity index (χ4n) is 2.97. The first kappa shape index (κ1) is 21.1. The van der Waals surface area contributed by atoms with Crippen LogP contribution in [0.25, 0.3) is 0 Å². The molecule has 27 heavy (non-hydrogen) atoms. The Morgan fingerprint density at radius 1 is 1.11 bits per heavy atom. The molecule has 1 fully saturated rings. The standard InChI is InChI=1S/C19H19F3N2O2.ClH/c20-19(21,22)13-24(14-10-11-23-12-14)18(25)16-8-4-5-9-17(16)26-15-6-2-1-3-7-15;/h1-9,14,23H,10-13H2;1H/t14-;/m0./s1. The van der Waals surface area contributed by atoms with Gasteiger partial charge < -0.3 is 15.0 Å². The van der Waals surface area contributed by atoms with E-state index in [4.69, 9.17) is 4.74 Å². The largest absolute Gasteiger partial charge is 0.457 e. The van der Waals surface area contributed by atoms with E-state index in [2.05, 4.69) is 5.32 Å². The number of nitrogens with one attached hydrogen (secondary N) is 1. The number of ether oxygens (including phenoxy) is 1. The van der Waals surface area contributed by atoms with Gasteiger partial charge in [0.05, 0.1) is 5.56 Å². The van der Waals surface area contributed by atoms with Crippen LogP contribution < -0.4 is 10.1 Å². The molecule has 1 N–H and O–H groups in total. The number of nitrogens with zero attached hydrogens (tertiary/aromatic N) is 1. The normalized spacial score (nSPS) is 16.5. The molecule has 1 aliphatic rings. The lowest BCUT2D eigenvalue weighted by Crippen LogP contribution is -2.46. The zero-order valence-electron chi connectivity index (χ0n) is 14.4. The Labute approximate surface area is 161 Å². The van der Waals surface area contributed by atoms with E-state index < -0.39 is 24.7 Å². The molecule has 1 saturated heterocycles. The van der Waals surface area contributed by atoms with Crippen molar-refractivity contribution in [2.24, 2.45) is 0 Å². The number of hydrogen-bond acceptors (Lipinski definition) is 3. The third kappa shape index (κ3) is 5.61. The topological polar surface area (TPSA) is 41.6 Å². The van der Waals surface area contributed by atoms with E-state index in [9.17, 15) is 18.0 Å². The van der Waals surface area contributed by atoms with E-state index in [0.29, 0.717) is 25.3 Å². The number of hydrogen-bond donors (Lipinski definition) is 1. The van der Waals surface area contributed by atoms with E-state index in [1.165, 1.54) is 6.07 Å². The summed E-state index contributed by atoms with van der Waals surface area (Å²) < 4.78 is 44.8. The molecule has 0 saturated carbocycles. The summed E-state index contributed by atoms with van der Waals surface area (Å²) in [6.07, 6.45) is -3.98. The lowest BCUT2D eigenvalue weighted by atomic mass is 10.1. The van der Waals surface area contributed by atoms with E-state index in [1.807, 2.05) is 6.07 Å². The Hall–Kier alpha value is -2.25. The van der Waals surface area contributed by atoms with E-state index >= 15 is 0 Å². The maximum absolute atomic E-state index is 13.0. The Bertz CT molecular complexity index is 750. The summed E-state index contributed by atoms with van der Waals surface area (Å²) in [5, 5.41) is 3.01. The Morgan fingerprint density at radius 3 is 2.41 bits per heavy atom. The SMILES string of the molecule is Cl.O=C(c1ccccc1Oc1ccccc1)N(CC(F)(F)F)[C@H]1CCNC1. The van der Waals surface area contributed by atoms with Crippen LogP contribution in [0.5, 0.6) is 11.5 Å². The van der Waals surface area contributed by atoms with Crippen LogP contribution >= 0.6 is 12.4 Å². The summed E-state index contributed by atoms with van der Waals surface area (Å²) in [5.41, 5.74) is 0.118. The quantitative estimate of drug-likeness (QED) is 0.815. The molecule has 0 unspecified atom stereocenters. The predicted octanol–water partition coefficient (Wildman–Crippen LogP) is 4.27. The molecule has 0 aromatic heterocycles. The Balaban J connectivity index is 0.00000261. The summed E-state index contributed by atoms with van der Waals surface area (Å²) in [5.74, 6) is 0.0713. The first-order valence-electron chi connectivity index (χ1n) is 8.34. The molecule has 0 radical (unpaired) electrons. The number of rotatable bonds is 5. The van der Waals surface area contributed by atoms with Crippen LogP contribution in [0, 0.1) is 0 Å². The highest BCUT2D eigenvalue weighted by atomic mass is 35.5. The van der Waals surface area contributed by atoms with Gasteiger partial charge in [-0.15, -0.1) is 12.4 Å². The highest BCUT2D eigenvalue weighted by Crippen LogP contribution is 2.29. The van der Waals surface area contributed by atoms with Gasteiger partial charge in [-0.2, -0.15) is 13.2 Å². The minimum Gasteiger partial charge on any atom is -0.457 e. The van der Waals surface area contributed by atoms with Crippen LogP contribution in [0.1, 0.15) is 16.8 Å². The first-order chi connectivity index (χ1) is 12.4. The second-order valence-corrected chi connectivity index (χ2v) is 6.11. The van der Waals surface area contributed by atoms with Crippen molar-refractivity contribution >= 4 is 18.3 Å². The molecule has 146 valence electrons. The number of halogens is 4. The second kappa shape index (κ2) is 9.10. The molecule has 0 spiro atoms. The molecule has 2 aromatic rings. The number of para-hydroxylation sites is 2. The average Bonchev–Trinajstić information content (AvgIpc) is 3.14. The fourth-order valence-corrected chi connectivity index (χ4v) is 2.97. The molecule has 1 amide bonds. The van der Waals surface area contributed by atoms with Gasteiger partial charge in [0.25, 0.3) is 5.91 Å². The molecule has 0 aliphatic carbocycles. The van der Waals surface area contributed by atoms with Crippen LogP contribution in [0.2, 0.25) is 0 Å². The lowest BCUT2D eigenvalue weighted by Gasteiger charge is -2.30. The fraction of sp³-hybridized carbons (Fsp3) is 0.316. The Kier molecular flexibility index (Phi) is 7.10. The minimum atomic E-state index is -4.46. The van der Waals surface area contributed by atoms with Gasteiger partial charge in [0.1, 0.15) is 18.0 Å². The number of amides is 1.